The molecular weight excluding hydrogens is 219 g/mol. The van der Waals surface area contributed by atoms with Gasteiger partial charge in [-0.3, -0.25) is 0 Å². The zero-order chi connectivity index (χ0) is 12.4. The summed E-state index contributed by atoms with van der Waals surface area (Å²) in [7, 11) is 1.42. The van der Waals surface area contributed by atoms with E-state index in [2.05, 4.69) is 0 Å². The molecule has 0 radical (unpaired) electrons. The van der Waals surface area contributed by atoms with E-state index in [9.17, 15) is 13.2 Å². The Bertz CT molecular complexity index is 360. The molecule has 1 aromatic carbocycles. The van der Waals surface area contributed by atoms with E-state index in [0.717, 1.165) is 6.92 Å². The highest BCUT2D eigenvalue weighted by Crippen LogP contribution is 2.33. The Hall–Kier alpha value is -1.23. The zero-order valence-electron chi connectivity index (χ0n) is 9.14. The van der Waals surface area contributed by atoms with Gasteiger partial charge in [-0.25, -0.2) is 0 Å². The third kappa shape index (κ3) is 2.66. The highest BCUT2D eigenvalue weighted by atomic mass is 19.4. The fraction of sp³-hybridized carbons (Fsp3) is 0.455. The number of methoxy groups -OCH3 is 1. The van der Waals surface area contributed by atoms with Gasteiger partial charge < -0.3 is 10.5 Å². The third-order valence-electron chi connectivity index (χ3n) is 2.40. The minimum Gasteiger partial charge on any atom is -0.496 e. The highest BCUT2D eigenvalue weighted by molar-refractivity contribution is 5.34. The van der Waals surface area contributed by atoms with E-state index in [-0.39, 0.29) is 6.42 Å². The maximum absolute atomic E-state index is 12.6. The van der Waals surface area contributed by atoms with Crippen LogP contribution in [-0.4, -0.2) is 18.8 Å². The SMILES string of the molecule is COc1ccccc1CC(C)(N)C(F)(F)F. The molecule has 0 aromatic heterocycles. The average molecular weight is 233 g/mol. The first-order valence-corrected chi connectivity index (χ1v) is 4.75. The normalized spacial score (nSPS) is 15.6. The maximum Gasteiger partial charge on any atom is 0.406 e. The van der Waals surface area contributed by atoms with Crippen molar-refractivity contribution in [3.05, 3.63) is 29.8 Å². The third-order valence-corrected chi connectivity index (χ3v) is 2.40. The number of benzene rings is 1. The molecule has 2 N–H and O–H groups in total. The van der Waals surface area contributed by atoms with Crippen molar-refractivity contribution in [3.63, 3.8) is 0 Å². The van der Waals surface area contributed by atoms with Crippen LogP contribution in [0.1, 0.15) is 12.5 Å². The van der Waals surface area contributed by atoms with E-state index in [0.29, 0.717) is 11.3 Å². The summed E-state index contributed by atoms with van der Waals surface area (Å²) in [6, 6.07) is 6.55. The van der Waals surface area contributed by atoms with E-state index in [4.69, 9.17) is 10.5 Å². The van der Waals surface area contributed by atoms with Crippen LogP contribution in [0.25, 0.3) is 0 Å². The van der Waals surface area contributed by atoms with Crippen LogP contribution in [0.4, 0.5) is 13.2 Å². The zero-order valence-corrected chi connectivity index (χ0v) is 9.14. The van der Waals surface area contributed by atoms with Gasteiger partial charge in [0.15, 0.2) is 0 Å². The Balaban J connectivity index is 2.96. The Morgan fingerprint density at radius 3 is 2.31 bits per heavy atom. The molecule has 0 amide bonds. The van der Waals surface area contributed by atoms with Gasteiger partial charge in [-0.05, 0) is 18.6 Å². The first-order chi connectivity index (χ1) is 7.28. The second-order valence-corrected chi connectivity index (χ2v) is 3.90. The molecule has 2 nitrogen and oxygen atoms in total. The number of alkyl halides is 3. The van der Waals surface area contributed by atoms with Crippen LogP contribution in [0.2, 0.25) is 0 Å². The van der Waals surface area contributed by atoms with Crippen molar-refractivity contribution >= 4 is 0 Å². The molecule has 1 aromatic rings. The summed E-state index contributed by atoms with van der Waals surface area (Å²) in [5.41, 5.74) is 3.47. The molecule has 0 fully saturated rings. The first kappa shape index (κ1) is 12.8. The van der Waals surface area contributed by atoms with Gasteiger partial charge in [0.25, 0.3) is 0 Å². The standard InChI is InChI=1S/C11H14F3NO/c1-10(15,11(12,13)14)7-8-5-3-4-6-9(8)16-2/h3-6H,7,15H2,1-2H3. The first-order valence-electron chi connectivity index (χ1n) is 4.75. The van der Waals surface area contributed by atoms with Crippen LogP contribution in [0, 0.1) is 0 Å². The van der Waals surface area contributed by atoms with Gasteiger partial charge in [-0.1, -0.05) is 18.2 Å². The Morgan fingerprint density at radius 1 is 1.25 bits per heavy atom. The summed E-state index contributed by atoms with van der Waals surface area (Å²) in [6.07, 6.45) is -4.74. The van der Waals surface area contributed by atoms with Crippen molar-refractivity contribution in [2.24, 2.45) is 5.73 Å². The number of hydrogen-bond acceptors (Lipinski definition) is 2. The molecular formula is C11H14F3NO. The average Bonchev–Trinajstić information content (AvgIpc) is 2.16. The molecule has 0 aliphatic rings. The van der Waals surface area contributed by atoms with Crippen molar-refractivity contribution in [2.45, 2.75) is 25.1 Å². The van der Waals surface area contributed by atoms with Gasteiger partial charge in [-0.2, -0.15) is 13.2 Å². The van der Waals surface area contributed by atoms with Crippen molar-refractivity contribution in [1.29, 1.82) is 0 Å². The molecule has 1 atom stereocenters. The topological polar surface area (TPSA) is 35.2 Å². The van der Waals surface area contributed by atoms with E-state index in [1.807, 2.05) is 0 Å². The maximum atomic E-state index is 12.6. The van der Waals surface area contributed by atoms with Crippen LogP contribution < -0.4 is 10.5 Å². The van der Waals surface area contributed by atoms with Gasteiger partial charge in [-0.15, -0.1) is 0 Å². The molecule has 90 valence electrons. The lowest BCUT2D eigenvalue weighted by atomic mass is 9.93. The molecule has 0 saturated heterocycles. The molecule has 1 unspecified atom stereocenters. The van der Waals surface area contributed by atoms with Gasteiger partial charge in [0.2, 0.25) is 0 Å². The minimum absolute atomic E-state index is 0.305. The van der Waals surface area contributed by atoms with E-state index in [1.165, 1.54) is 7.11 Å². The van der Waals surface area contributed by atoms with Crippen molar-refractivity contribution in [3.8, 4) is 5.75 Å². The van der Waals surface area contributed by atoms with Gasteiger partial charge in [0, 0.05) is 6.42 Å². The summed E-state index contributed by atoms with van der Waals surface area (Å²) >= 11 is 0. The molecule has 0 saturated carbocycles. The summed E-state index contributed by atoms with van der Waals surface area (Å²) in [6.45, 7) is 0.972. The number of para-hydroxylation sites is 1. The number of rotatable bonds is 3. The Labute approximate surface area is 92.2 Å². The van der Waals surface area contributed by atoms with Gasteiger partial charge >= 0.3 is 6.18 Å². The summed E-state index contributed by atoms with van der Waals surface area (Å²) in [5.74, 6) is 0.420. The molecule has 0 spiro atoms. The molecule has 0 bridgehead atoms. The van der Waals surface area contributed by atoms with Crippen molar-refractivity contribution in [2.75, 3.05) is 7.11 Å². The lowest BCUT2D eigenvalue weighted by molar-refractivity contribution is -0.180. The summed E-state index contributed by atoms with van der Waals surface area (Å²) in [5, 5.41) is 0. The molecule has 1 rings (SSSR count). The molecule has 0 aliphatic carbocycles. The lowest BCUT2D eigenvalue weighted by Crippen LogP contribution is -2.52. The van der Waals surface area contributed by atoms with E-state index in [1.54, 1.807) is 24.3 Å². The van der Waals surface area contributed by atoms with Crippen molar-refractivity contribution < 1.29 is 17.9 Å². The molecule has 0 heterocycles. The molecule has 16 heavy (non-hydrogen) atoms. The van der Waals surface area contributed by atoms with Gasteiger partial charge in [0.05, 0.1) is 7.11 Å². The van der Waals surface area contributed by atoms with Crippen LogP contribution in [0.3, 0.4) is 0 Å². The fourth-order valence-electron chi connectivity index (χ4n) is 1.34. The van der Waals surface area contributed by atoms with Crippen LogP contribution >= 0.6 is 0 Å². The molecule has 5 heteroatoms. The fourth-order valence-corrected chi connectivity index (χ4v) is 1.34. The minimum atomic E-state index is -4.44. The quantitative estimate of drug-likeness (QED) is 0.870. The van der Waals surface area contributed by atoms with Crippen molar-refractivity contribution in [1.82, 2.24) is 0 Å². The summed E-state index contributed by atoms with van der Waals surface area (Å²) in [4.78, 5) is 0. The predicted molar refractivity (Wildman–Crippen MR) is 55.3 cm³/mol. The van der Waals surface area contributed by atoms with E-state index < -0.39 is 11.7 Å². The smallest absolute Gasteiger partial charge is 0.406 e. The van der Waals surface area contributed by atoms with E-state index >= 15 is 0 Å². The van der Waals surface area contributed by atoms with Crippen LogP contribution in [0.15, 0.2) is 24.3 Å². The number of halogens is 3. The van der Waals surface area contributed by atoms with Crippen LogP contribution in [-0.2, 0) is 6.42 Å². The van der Waals surface area contributed by atoms with Gasteiger partial charge in [0.1, 0.15) is 11.3 Å². The number of ether oxygens (including phenoxy) is 1. The monoisotopic (exact) mass is 233 g/mol. The largest absolute Gasteiger partial charge is 0.496 e. The summed E-state index contributed by atoms with van der Waals surface area (Å²) < 4.78 is 42.7. The predicted octanol–water partition coefficient (Wildman–Crippen LogP) is 2.52. The second kappa shape index (κ2) is 4.33. The van der Waals surface area contributed by atoms with Crippen LogP contribution in [0.5, 0.6) is 5.75 Å². The number of nitrogens with two attached hydrogens (primary N) is 1. The Morgan fingerprint density at radius 2 is 1.81 bits per heavy atom. The highest BCUT2D eigenvalue weighted by Gasteiger charge is 2.48. The Kier molecular flexibility index (Phi) is 3.48. The lowest BCUT2D eigenvalue weighted by Gasteiger charge is -2.28. The number of hydrogen-bond donors (Lipinski definition) is 1. The molecule has 0 aliphatic heterocycles. The second-order valence-electron chi connectivity index (χ2n) is 3.90.